The third-order valence-electron chi connectivity index (χ3n) is 5.56. The van der Waals surface area contributed by atoms with Crippen LogP contribution in [0.5, 0.6) is 0 Å². The lowest BCUT2D eigenvalue weighted by molar-refractivity contribution is -0.113. The number of nitrogens with zero attached hydrogens (tertiary/aromatic N) is 5. The van der Waals surface area contributed by atoms with E-state index in [1.165, 1.54) is 22.0 Å². The van der Waals surface area contributed by atoms with Gasteiger partial charge in [-0.2, -0.15) is 5.10 Å². The zero-order valence-corrected chi connectivity index (χ0v) is 20.8. The van der Waals surface area contributed by atoms with Crippen LogP contribution < -0.4 is 11.2 Å². The second kappa shape index (κ2) is 9.34. The molecule has 1 amide bonds. The fourth-order valence-electron chi connectivity index (χ4n) is 3.64. The number of carbonyl (C=O) groups is 1. The number of nitrogens with two attached hydrogens (primary N) is 1. The molecular formula is C25H29N7OS. The van der Waals surface area contributed by atoms with Gasteiger partial charge in [-0.1, -0.05) is 75.0 Å². The number of nitrogens with one attached hydrogen (secondary N) is 1. The highest BCUT2D eigenvalue weighted by Crippen LogP contribution is 2.27. The van der Waals surface area contributed by atoms with Gasteiger partial charge in [0.25, 0.3) is 0 Å². The summed E-state index contributed by atoms with van der Waals surface area (Å²) in [6.07, 6.45) is 0. The average molecular weight is 476 g/mol. The molecule has 3 N–H and O–H groups in total. The summed E-state index contributed by atoms with van der Waals surface area (Å²) in [4.78, 5) is 12.7. The van der Waals surface area contributed by atoms with Crippen molar-refractivity contribution in [3.8, 4) is 17.1 Å². The summed E-state index contributed by atoms with van der Waals surface area (Å²) in [6, 6.07) is 17.9. The van der Waals surface area contributed by atoms with E-state index in [1.807, 2.05) is 61.0 Å². The molecule has 4 aromatic rings. The molecular weight excluding hydrogens is 446 g/mol. The highest BCUT2D eigenvalue weighted by Gasteiger charge is 2.18. The van der Waals surface area contributed by atoms with E-state index in [9.17, 15) is 4.79 Å². The van der Waals surface area contributed by atoms with E-state index >= 15 is 0 Å². The number of hydrogen-bond donors (Lipinski definition) is 2. The number of aromatic nitrogens is 5. The minimum Gasteiger partial charge on any atom is -0.335 e. The minimum atomic E-state index is -0.164. The molecule has 34 heavy (non-hydrogen) atoms. The molecule has 0 aliphatic heterocycles. The second-order valence-corrected chi connectivity index (χ2v) is 10.1. The molecule has 0 radical (unpaired) electrons. The number of nitrogen functional groups attached to an aromatic ring is 1. The molecule has 0 fully saturated rings. The third-order valence-corrected chi connectivity index (χ3v) is 6.51. The molecule has 8 nitrogen and oxygen atoms in total. The summed E-state index contributed by atoms with van der Waals surface area (Å²) in [5, 5.41) is 16.4. The molecule has 0 atom stereocenters. The predicted octanol–water partition coefficient (Wildman–Crippen LogP) is 4.49. The summed E-state index contributed by atoms with van der Waals surface area (Å²) < 4.78 is 3.25. The summed E-state index contributed by atoms with van der Waals surface area (Å²) in [6.45, 7) is 10.3. The predicted molar refractivity (Wildman–Crippen MR) is 137 cm³/mol. The van der Waals surface area contributed by atoms with Crippen LogP contribution in [0.4, 0.5) is 5.69 Å². The van der Waals surface area contributed by atoms with Gasteiger partial charge in [0.05, 0.1) is 28.5 Å². The van der Waals surface area contributed by atoms with Crippen molar-refractivity contribution in [2.24, 2.45) is 0 Å². The number of anilines is 1. The number of amides is 1. The summed E-state index contributed by atoms with van der Waals surface area (Å²) >= 11 is 1.24. The fraction of sp³-hybridized carbons (Fsp3) is 0.280. The Hall–Kier alpha value is -3.59. The Morgan fingerprint density at radius 3 is 2.35 bits per heavy atom. The van der Waals surface area contributed by atoms with Gasteiger partial charge in [0, 0.05) is 5.56 Å². The quantitative estimate of drug-likeness (QED) is 0.315. The molecule has 0 saturated heterocycles. The highest BCUT2D eigenvalue weighted by atomic mass is 32.2. The van der Waals surface area contributed by atoms with Crippen LogP contribution in [0.15, 0.2) is 59.8 Å². The maximum absolute atomic E-state index is 12.7. The van der Waals surface area contributed by atoms with Crippen LogP contribution in [0, 0.1) is 13.8 Å². The number of benzene rings is 2. The number of para-hydroxylation sites is 1. The normalized spacial score (nSPS) is 11.6. The van der Waals surface area contributed by atoms with Gasteiger partial charge in [0.15, 0.2) is 5.82 Å². The van der Waals surface area contributed by atoms with Crippen molar-refractivity contribution in [3.05, 3.63) is 71.5 Å². The minimum absolute atomic E-state index is 0.0671. The van der Waals surface area contributed by atoms with Gasteiger partial charge < -0.3 is 11.2 Å². The van der Waals surface area contributed by atoms with E-state index in [4.69, 9.17) is 5.84 Å². The van der Waals surface area contributed by atoms with Crippen molar-refractivity contribution in [3.63, 3.8) is 0 Å². The lowest BCUT2D eigenvalue weighted by atomic mass is 9.87. The van der Waals surface area contributed by atoms with E-state index in [0.29, 0.717) is 16.7 Å². The molecule has 0 bridgehead atoms. The molecule has 2 aromatic heterocycles. The fourth-order valence-corrected chi connectivity index (χ4v) is 4.30. The van der Waals surface area contributed by atoms with Crippen LogP contribution in [-0.2, 0) is 10.2 Å². The summed E-state index contributed by atoms with van der Waals surface area (Å²) in [7, 11) is 0. The molecule has 0 aliphatic rings. The lowest BCUT2D eigenvalue weighted by Gasteiger charge is -2.19. The maximum atomic E-state index is 12.7. The van der Waals surface area contributed by atoms with E-state index in [0.717, 1.165) is 22.6 Å². The Kier molecular flexibility index (Phi) is 6.47. The molecule has 9 heteroatoms. The third kappa shape index (κ3) is 4.84. The van der Waals surface area contributed by atoms with Crippen LogP contribution >= 0.6 is 11.8 Å². The van der Waals surface area contributed by atoms with Gasteiger partial charge in [0.1, 0.15) is 0 Å². The van der Waals surface area contributed by atoms with E-state index in [-0.39, 0.29) is 17.1 Å². The number of thioether (sulfide) groups is 1. The first-order valence-corrected chi connectivity index (χ1v) is 12.0. The number of rotatable bonds is 6. The van der Waals surface area contributed by atoms with Crippen LogP contribution in [0.3, 0.4) is 0 Å². The summed E-state index contributed by atoms with van der Waals surface area (Å²) in [5.41, 5.74) is 5.44. The molecule has 176 valence electrons. The van der Waals surface area contributed by atoms with Crippen LogP contribution in [0.25, 0.3) is 17.1 Å². The average Bonchev–Trinajstić information content (AvgIpc) is 3.32. The van der Waals surface area contributed by atoms with Gasteiger partial charge in [-0.05, 0) is 37.0 Å². The van der Waals surface area contributed by atoms with Crippen molar-refractivity contribution >= 4 is 23.4 Å². The zero-order valence-electron chi connectivity index (χ0n) is 20.0. The molecule has 0 unspecified atom stereocenters. The summed E-state index contributed by atoms with van der Waals surface area (Å²) in [5.74, 6) is 6.78. The highest BCUT2D eigenvalue weighted by molar-refractivity contribution is 7.99. The Morgan fingerprint density at radius 1 is 1.03 bits per heavy atom. The largest absolute Gasteiger partial charge is 0.335 e. The van der Waals surface area contributed by atoms with Crippen molar-refractivity contribution in [1.29, 1.82) is 0 Å². The van der Waals surface area contributed by atoms with Gasteiger partial charge in [0.2, 0.25) is 11.1 Å². The van der Waals surface area contributed by atoms with Crippen LogP contribution in [0.1, 0.15) is 37.7 Å². The molecule has 4 rings (SSSR count). The van der Waals surface area contributed by atoms with Gasteiger partial charge in [-0.15, -0.1) is 10.2 Å². The topological polar surface area (TPSA) is 104 Å². The Bertz CT molecular complexity index is 1300. The van der Waals surface area contributed by atoms with Crippen molar-refractivity contribution < 1.29 is 4.79 Å². The first-order chi connectivity index (χ1) is 16.1. The monoisotopic (exact) mass is 475 g/mol. The van der Waals surface area contributed by atoms with E-state index in [1.54, 1.807) is 0 Å². The second-order valence-electron chi connectivity index (χ2n) is 9.13. The SMILES string of the molecule is Cc1nn(-c2ccccc2)c(C)c1NC(=O)CSc1nnc(-c2ccc(C(C)(C)C)cc2)n1N. The molecule has 2 heterocycles. The van der Waals surface area contributed by atoms with Gasteiger partial charge >= 0.3 is 0 Å². The number of hydrogen-bond acceptors (Lipinski definition) is 6. The Balaban J connectivity index is 1.43. The van der Waals surface area contributed by atoms with Gasteiger partial charge in [-0.25, -0.2) is 9.36 Å². The van der Waals surface area contributed by atoms with Crippen molar-refractivity contribution in [2.45, 2.75) is 45.2 Å². The number of aryl methyl sites for hydroxylation is 1. The Morgan fingerprint density at radius 2 is 1.71 bits per heavy atom. The molecule has 0 aliphatic carbocycles. The van der Waals surface area contributed by atoms with Crippen LogP contribution in [0.2, 0.25) is 0 Å². The number of carbonyl (C=O) groups excluding carboxylic acids is 1. The first-order valence-electron chi connectivity index (χ1n) is 11.0. The molecule has 0 spiro atoms. The van der Waals surface area contributed by atoms with E-state index < -0.39 is 0 Å². The Labute approximate surface area is 203 Å². The standard InChI is InChI=1S/C25H29N7OS/c1-16-22(17(2)32(30-16)20-9-7-6-8-10-20)27-21(33)15-34-24-29-28-23(31(24)26)18-11-13-19(14-12-18)25(3,4)5/h6-14H,15,26H2,1-5H3,(H,27,33). The maximum Gasteiger partial charge on any atom is 0.234 e. The first kappa shape index (κ1) is 23.6. The molecule has 2 aromatic carbocycles. The van der Waals surface area contributed by atoms with Crippen molar-refractivity contribution in [1.82, 2.24) is 24.7 Å². The molecule has 0 saturated carbocycles. The van der Waals surface area contributed by atoms with Crippen LogP contribution in [-0.4, -0.2) is 36.3 Å². The van der Waals surface area contributed by atoms with Crippen molar-refractivity contribution in [2.75, 3.05) is 16.9 Å². The smallest absolute Gasteiger partial charge is 0.234 e. The van der Waals surface area contributed by atoms with Gasteiger partial charge in [-0.3, -0.25) is 4.79 Å². The van der Waals surface area contributed by atoms with E-state index in [2.05, 4.69) is 53.5 Å². The lowest BCUT2D eigenvalue weighted by Crippen LogP contribution is -2.17. The zero-order chi connectivity index (χ0) is 24.5.